The van der Waals surface area contributed by atoms with Crippen molar-refractivity contribution in [3.8, 4) is 0 Å². The maximum absolute atomic E-state index is 6.05. The van der Waals surface area contributed by atoms with Crippen LogP contribution in [-0.4, -0.2) is 9.55 Å². The molecule has 0 aliphatic carbocycles. The van der Waals surface area contributed by atoms with Crippen LogP contribution in [0.25, 0.3) is 11.0 Å². The average Bonchev–Trinajstić information content (AvgIpc) is 2.94. The molecular formula is C13H12BrN3S. The molecule has 2 heterocycles. The Balaban J connectivity index is 2.22. The molecule has 2 N–H and O–H groups in total. The number of nitrogens with two attached hydrogens (primary N) is 1. The molecule has 1 aromatic carbocycles. The predicted molar refractivity (Wildman–Crippen MR) is 80.0 cm³/mol. The highest BCUT2D eigenvalue weighted by atomic mass is 79.9. The molecule has 0 bridgehead atoms. The summed E-state index contributed by atoms with van der Waals surface area (Å²) < 4.78 is 3.11. The summed E-state index contributed by atoms with van der Waals surface area (Å²) in [5, 5.41) is 4.23. The van der Waals surface area contributed by atoms with E-state index < -0.39 is 0 Å². The van der Waals surface area contributed by atoms with Crippen molar-refractivity contribution in [3.05, 3.63) is 45.1 Å². The lowest BCUT2D eigenvalue weighted by Crippen LogP contribution is -2.09. The van der Waals surface area contributed by atoms with Gasteiger partial charge in [0.15, 0.2) is 0 Å². The van der Waals surface area contributed by atoms with Crippen LogP contribution >= 0.6 is 27.3 Å². The molecule has 0 aliphatic rings. The normalized spacial score (nSPS) is 13.0. The van der Waals surface area contributed by atoms with Crippen molar-refractivity contribution in [1.29, 1.82) is 0 Å². The number of nitrogens with zero attached hydrogens (tertiary/aromatic N) is 2. The number of anilines is 1. The average molecular weight is 322 g/mol. The molecule has 0 radical (unpaired) electrons. The largest absolute Gasteiger partial charge is 0.369 e. The zero-order valence-electron chi connectivity index (χ0n) is 9.80. The van der Waals surface area contributed by atoms with E-state index in [2.05, 4.69) is 55.3 Å². The number of imidazole rings is 1. The Morgan fingerprint density at radius 3 is 2.94 bits per heavy atom. The third-order valence-corrected chi connectivity index (χ3v) is 4.29. The van der Waals surface area contributed by atoms with Crippen LogP contribution in [0.4, 0.5) is 5.95 Å². The molecule has 0 spiro atoms. The van der Waals surface area contributed by atoms with Crippen LogP contribution in [0.3, 0.4) is 0 Å². The number of nitrogen functional groups attached to an aromatic ring is 1. The van der Waals surface area contributed by atoms with E-state index in [0.717, 1.165) is 15.5 Å². The first-order chi connectivity index (χ1) is 8.66. The molecule has 1 atom stereocenters. The summed E-state index contributed by atoms with van der Waals surface area (Å²) in [5.74, 6) is 0.557. The summed E-state index contributed by atoms with van der Waals surface area (Å²) in [6, 6.07) is 8.33. The van der Waals surface area contributed by atoms with Gasteiger partial charge in [0, 0.05) is 4.47 Å². The number of rotatable bonds is 2. The Morgan fingerprint density at radius 1 is 1.39 bits per heavy atom. The molecule has 0 fully saturated rings. The van der Waals surface area contributed by atoms with Gasteiger partial charge in [-0.15, -0.1) is 0 Å². The standard InChI is InChI=1S/C13H12BrN3S/c1-8(9-4-5-18-7-9)17-12-6-10(14)2-3-11(12)16-13(17)15/h2-8H,1H3,(H2,15,16). The second-order valence-corrected chi connectivity index (χ2v) is 5.90. The lowest BCUT2D eigenvalue weighted by molar-refractivity contribution is 0.670. The van der Waals surface area contributed by atoms with Gasteiger partial charge in [-0.1, -0.05) is 15.9 Å². The van der Waals surface area contributed by atoms with Gasteiger partial charge in [-0.2, -0.15) is 11.3 Å². The molecule has 3 aromatic rings. The zero-order valence-corrected chi connectivity index (χ0v) is 12.2. The predicted octanol–water partition coefficient (Wildman–Crippen LogP) is 4.05. The maximum atomic E-state index is 6.05. The first kappa shape index (κ1) is 11.7. The molecule has 3 nitrogen and oxygen atoms in total. The minimum absolute atomic E-state index is 0.190. The van der Waals surface area contributed by atoms with Gasteiger partial charge in [-0.25, -0.2) is 4.98 Å². The van der Waals surface area contributed by atoms with Crippen molar-refractivity contribution in [2.24, 2.45) is 0 Å². The maximum Gasteiger partial charge on any atom is 0.201 e. The van der Waals surface area contributed by atoms with Gasteiger partial charge in [0.05, 0.1) is 17.1 Å². The monoisotopic (exact) mass is 321 g/mol. The Bertz CT molecular complexity index is 688. The minimum atomic E-state index is 0.190. The molecule has 0 saturated carbocycles. The van der Waals surface area contributed by atoms with Gasteiger partial charge in [-0.05, 0) is 47.5 Å². The fourth-order valence-corrected chi connectivity index (χ4v) is 3.25. The van der Waals surface area contributed by atoms with E-state index in [1.165, 1.54) is 5.56 Å². The summed E-state index contributed by atoms with van der Waals surface area (Å²) in [7, 11) is 0. The number of hydrogen-bond acceptors (Lipinski definition) is 3. The zero-order chi connectivity index (χ0) is 12.7. The Labute approximate surface area is 117 Å². The van der Waals surface area contributed by atoms with Crippen molar-refractivity contribution < 1.29 is 0 Å². The fraction of sp³-hybridized carbons (Fsp3) is 0.154. The first-order valence-electron chi connectivity index (χ1n) is 5.62. The smallest absolute Gasteiger partial charge is 0.201 e. The number of thiophene rings is 1. The number of aromatic nitrogens is 2. The fourth-order valence-electron chi connectivity index (χ4n) is 2.15. The number of hydrogen-bond donors (Lipinski definition) is 1. The SMILES string of the molecule is CC(c1ccsc1)n1c(N)nc2ccc(Br)cc21. The van der Waals surface area contributed by atoms with Gasteiger partial charge in [-0.3, -0.25) is 0 Å². The van der Waals surface area contributed by atoms with E-state index in [1.807, 2.05) is 12.1 Å². The summed E-state index contributed by atoms with van der Waals surface area (Å²) in [6.07, 6.45) is 0. The first-order valence-corrected chi connectivity index (χ1v) is 7.35. The minimum Gasteiger partial charge on any atom is -0.369 e. The van der Waals surface area contributed by atoms with Crippen molar-refractivity contribution >= 4 is 44.2 Å². The third-order valence-electron chi connectivity index (χ3n) is 3.09. The van der Waals surface area contributed by atoms with Gasteiger partial charge in [0.25, 0.3) is 0 Å². The van der Waals surface area contributed by atoms with Crippen LogP contribution in [0.15, 0.2) is 39.5 Å². The molecule has 2 aromatic heterocycles. The number of halogens is 1. The van der Waals surface area contributed by atoms with Crippen LogP contribution in [0, 0.1) is 0 Å². The number of fused-ring (bicyclic) bond motifs is 1. The second-order valence-electron chi connectivity index (χ2n) is 4.21. The van der Waals surface area contributed by atoms with E-state index in [1.54, 1.807) is 11.3 Å². The summed E-state index contributed by atoms with van der Waals surface area (Å²) in [4.78, 5) is 4.41. The van der Waals surface area contributed by atoms with Crippen molar-refractivity contribution in [1.82, 2.24) is 9.55 Å². The van der Waals surface area contributed by atoms with Crippen molar-refractivity contribution in [2.75, 3.05) is 5.73 Å². The molecular weight excluding hydrogens is 310 g/mol. The van der Waals surface area contributed by atoms with E-state index in [0.29, 0.717) is 5.95 Å². The molecule has 0 aliphatic heterocycles. The molecule has 92 valence electrons. The summed E-state index contributed by atoms with van der Waals surface area (Å²) >= 11 is 5.19. The van der Waals surface area contributed by atoms with Gasteiger partial charge in [0.2, 0.25) is 5.95 Å². The molecule has 0 amide bonds. The van der Waals surface area contributed by atoms with Gasteiger partial charge < -0.3 is 10.3 Å². The van der Waals surface area contributed by atoms with Gasteiger partial charge in [0.1, 0.15) is 0 Å². The van der Waals surface area contributed by atoms with Gasteiger partial charge >= 0.3 is 0 Å². The summed E-state index contributed by atoms with van der Waals surface area (Å²) in [6.45, 7) is 2.14. The molecule has 0 saturated heterocycles. The van der Waals surface area contributed by atoms with E-state index >= 15 is 0 Å². The highest BCUT2D eigenvalue weighted by Gasteiger charge is 2.15. The highest BCUT2D eigenvalue weighted by molar-refractivity contribution is 9.10. The lowest BCUT2D eigenvalue weighted by Gasteiger charge is -2.14. The Hall–Kier alpha value is -1.33. The summed E-state index contributed by atoms with van der Waals surface area (Å²) in [5.41, 5.74) is 9.29. The van der Waals surface area contributed by atoms with E-state index in [9.17, 15) is 0 Å². The van der Waals surface area contributed by atoms with E-state index in [-0.39, 0.29) is 6.04 Å². The van der Waals surface area contributed by atoms with Crippen LogP contribution < -0.4 is 5.73 Å². The van der Waals surface area contributed by atoms with Crippen LogP contribution in [0.1, 0.15) is 18.5 Å². The second kappa shape index (κ2) is 4.40. The van der Waals surface area contributed by atoms with Crippen LogP contribution in [0.5, 0.6) is 0 Å². The number of benzene rings is 1. The molecule has 1 unspecified atom stereocenters. The Morgan fingerprint density at radius 2 is 2.22 bits per heavy atom. The van der Waals surface area contributed by atoms with Crippen LogP contribution in [0.2, 0.25) is 0 Å². The third kappa shape index (κ3) is 1.83. The topological polar surface area (TPSA) is 43.8 Å². The van der Waals surface area contributed by atoms with Crippen molar-refractivity contribution in [3.63, 3.8) is 0 Å². The van der Waals surface area contributed by atoms with Crippen LogP contribution in [-0.2, 0) is 0 Å². The Kier molecular flexibility index (Phi) is 2.87. The highest BCUT2D eigenvalue weighted by Crippen LogP contribution is 2.29. The molecule has 5 heteroatoms. The van der Waals surface area contributed by atoms with E-state index in [4.69, 9.17) is 5.73 Å². The quantitative estimate of drug-likeness (QED) is 0.773. The lowest BCUT2D eigenvalue weighted by atomic mass is 10.2. The van der Waals surface area contributed by atoms with Crippen molar-refractivity contribution in [2.45, 2.75) is 13.0 Å². The molecule has 3 rings (SSSR count). The molecule has 18 heavy (non-hydrogen) atoms.